The van der Waals surface area contributed by atoms with Gasteiger partial charge in [0.1, 0.15) is 11.5 Å². The van der Waals surface area contributed by atoms with Crippen LogP contribution in [0.3, 0.4) is 0 Å². The highest BCUT2D eigenvalue weighted by Gasteiger charge is 2.12. The number of anilines is 1. The highest BCUT2D eigenvalue weighted by atomic mass is 32.1. The van der Waals surface area contributed by atoms with E-state index in [2.05, 4.69) is 10.3 Å². The molecule has 0 atom stereocenters. The number of benzene rings is 2. The van der Waals surface area contributed by atoms with Crippen molar-refractivity contribution >= 4 is 28.2 Å². The molecule has 0 bridgehead atoms. The molecule has 1 heterocycles. The number of methoxy groups -OCH3 is 1. The summed E-state index contributed by atoms with van der Waals surface area (Å²) in [6, 6.07) is 14.3. The third kappa shape index (κ3) is 4.71. The fraction of sp³-hybridized carbons (Fsp3) is 0.150. The molecule has 3 aromatic rings. The van der Waals surface area contributed by atoms with Crippen LogP contribution < -0.4 is 14.8 Å². The lowest BCUT2D eigenvalue weighted by molar-refractivity contribution is -0.118. The molecule has 1 amide bonds. The van der Waals surface area contributed by atoms with Crippen LogP contribution in [0.25, 0.3) is 11.3 Å². The molecule has 138 valence electrons. The van der Waals surface area contributed by atoms with Crippen LogP contribution in [0.4, 0.5) is 5.13 Å². The molecule has 3 rings (SSSR count). The van der Waals surface area contributed by atoms with E-state index in [1.165, 1.54) is 18.3 Å². The standard InChI is InChI=1S/C20H18N2O4S/c1-13(23)14-6-5-7-15(10-14)26-11-19(24)22-20-21-17(12-27-20)16-8-3-4-9-18(16)25-2/h3-10,12H,11H2,1-2H3,(H,21,22,24). The number of ketones is 1. The minimum Gasteiger partial charge on any atom is -0.496 e. The van der Waals surface area contributed by atoms with E-state index in [1.54, 1.807) is 31.4 Å². The normalized spacial score (nSPS) is 10.3. The monoisotopic (exact) mass is 382 g/mol. The minimum absolute atomic E-state index is 0.0587. The molecule has 0 spiro atoms. The molecule has 27 heavy (non-hydrogen) atoms. The van der Waals surface area contributed by atoms with Crippen molar-refractivity contribution < 1.29 is 19.1 Å². The first-order chi connectivity index (χ1) is 13.1. The van der Waals surface area contributed by atoms with Gasteiger partial charge in [0.2, 0.25) is 0 Å². The average Bonchev–Trinajstić information content (AvgIpc) is 3.14. The number of Topliss-reactive ketones (excluding diaryl/α,β-unsaturated/α-hetero) is 1. The highest BCUT2D eigenvalue weighted by molar-refractivity contribution is 7.14. The van der Waals surface area contributed by atoms with Crippen molar-refractivity contribution in [2.45, 2.75) is 6.92 Å². The predicted octanol–water partition coefficient (Wildman–Crippen LogP) is 4.04. The van der Waals surface area contributed by atoms with Crippen molar-refractivity contribution in [3.63, 3.8) is 0 Å². The van der Waals surface area contributed by atoms with Crippen LogP contribution in [0.15, 0.2) is 53.9 Å². The third-order valence-electron chi connectivity index (χ3n) is 3.74. The first-order valence-corrected chi connectivity index (χ1v) is 9.07. The van der Waals surface area contributed by atoms with E-state index in [-0.39, 0.29) is 18.3 Å². The number of nitrogens with one attached hydrogen (secondary N) is 1. The summed E-state index contributed by atoms with van der Waals surface area (Å²) in [5.74, 6) is 0.793. The zero-order valence-corrected chi connectivity index (χ0v) is 15.7. The molecule has 0 saturated carbocycles. The zero-order valence-electron chi connectivity index (χ0n) is 14.9. The summed E-state index contributed by atoms with van der Waals surface area (Å²) in [4.78, 5) is 27.9. The maximum atomic E-state index is 12.1. The Bertz CT molecular complexity index is 968. The van der Waals surface area contributed by atoms with Crippen molar-refractivity contribution in [3.05, 3.63) is 59.5 Å². The van der Waals surface area contributed by atoms with Gasteiger partial charge >= 0.3 is 0 Å². The van der Waals surface area contributed by atoms with E-state index < -0.39 is 0 Å². The second-order valence-electron chi connectivity index (χ2n) is 5.66. The molecule has 2 aromatic carbocycles. The van der Waals surface area contributed by atoms with Crippen LogP contribution in [0, 0.1) is 0 Å². The van der Waals surface area contributed by atoms with Gasteiger partial charge in [0.25, 0.3) is 5.91 Å². The van der Waals surface area contributed by atoms with Crippen LogP contribution in [0.5, 0.6) is 11.5 Å². The second-order valence-corrected chi connectivity index (χ2v) is 6.52. The Morgan fingerprint density at radius 3 is 2.74 bits per heavy atom. The molecule has 0 radical (unpaired) electrons. The smallest absolute Gasteiger partial charge is 0.264 e. The van der Waals surface area contributed by atoms with Crippen LogP contribution >= 0.6 is 11.3 Å². The van der Waals surface area contributed by atoms with Crippen molar-refractivity contribution in [1.29, 1.82) is 0 Å². The molecule has 0 unspecified atom stereocenters. The topological polar surface area (TPSA) is 77.5 Å². The molecule has 1 aromatic heterocycles. The Labute approximate surface area is 160 Å². The summed E-state index contributed by atoms with van der Waals surface area (Å²) >= 11 is 1.32. The first kappa shape index (κ1) is 18.6. The number of carbonyl (C=O) groups is 2. The molecule has 7 heteroatoms. The Hall–Kier alpha value is -3.19. The molecule has 0 fully saturated rings. The fourth-order valence-electron chi connectivity index (χ4n) is 2.42. The predicted molar refractivity (Wildman–Crippen MR) is 105 cm³/mol. The number of carbonyl (C=O) groups excluding carboxylic acids is 2. The Morgan fingerprint density at radius 1 is 1.15 bits per heavy atom. The lowest BCUT2D eigenvalue weighted by Gasteiger charge is -2.07. The van der Waals surface area contributed by atoms with Gasteiger partial charge in [0, 0.05) is 16.5 Å². The van der Waals surface area contributed by atoms with Gasteiger partial charge in [-0.1, -0.05) is 24.3 Å². The van der Waals surface area contributed by atoms with Gasteiger partial charge in [0.15, 0.2) is 17.5 Å². The van der Waals surface area contributed by atoms with Crippen molar-refractivity contribution in [1.82, 2.24) is 4.98 Å². The largest absolute Gasteiger partial charge is 0.496 e. The molecule has 0 aliphatic carbocycles. The number of aromatic nitrogens is 1. The van der Waals surface area contributed by atoms with Crippen molar-refractivity contribution in [3.8, 4) is 22.8 Å². The van der Waals surface area contributed by atoms with E-state index in [4.69, 9.17) is 9.47 Å². The Balaban J connectivity index is 1.61. The summed E-state index contributed by atoms with van der Waals surface area (Å²) in [6.45, 7) is 1.30. The van der Waals surface area contributed by atoms with E-state index in [0.717, 1.165) is 17.0 Å². The summed E-state index contributed by atoms with van der Waals surface area (Å²) in [6.07, 6.45) is 0. The summed E-state index contributed by atoms with van der Waals surface area (Å²) < 4.78 is 10.8. The second kappa shape index (κ2) is 8.46. The van der Waals surface area contributed by atoms with Crippen molar-refractivity contribution in [2.75, 3.05) is 19.0 Å². The van der Waals surface area contributed by atoms with Gasteiger partial charge in [0.05, 0.1) is 12.8 Å². The maximum absolute atomic E-state index is 12.1. The summed E-state index contributed by atoms with van der Waals surface area (Å²) in [5, 5.41) is 5.04. The number of thiazole rings is 1. The van der Waals surface area contributed by atoms with E-state index in [1.807, 2.05) is 29.6 Å². The number of hydrogen-bond donors (Lipinski definition) is 1. The molecule has 6 nitrogen and oxygen atoms in total. The SMILES string of the molecule is COc1ccccc1-c1csc(NC(=O)COc2cccc(C(C)=O)c2)n1. The molecule has 0 aliphatic rings. The maximum Gasteiger partial charge on any atom is 0.264 e. The van der Waals surface area contributed by atoms with Crippen LogP contribution in [0.1, 0.15) is 17.3 Å². The Kier molecular flexibility index (Phi) is 5.83. The van der Waals surface area contributed by atoms with E-state index in [0.29, 0.717) is 16.4 Å². The van der Waals surface area contributed by atoms with Gasteiger partial charge in [-0.25, -0.2) is 4.98 Å². The summed E-state index contributed by atoms with van der Waals surface area (Å²) in [5.41, 5.74) is 2.12. The number of rotatable bonds is 7. The Morgan fingerprint density at radius 2 is 1.96 bits per heavy atom. The van der Waals surface area contributed by atoms with Gasteiger partial charge in [-0.2, -0.15) is 0 Å². The molecular formula is C20H18N2O4S. The van der Waals surface area contributed by atoms with E-state index >= 15 is 0 Å². The van der Waals surface area contributed by atoms with Crippen LogP contribution in [0.2, 0.25) is 0 Å². The number of hydrogen-bond acceptors (Lipinski definition) is 6. The van der Waals surface area contributed by atoms with Crippen LogP contribution in [-0.2, 0) is 4.79 Å². The number of nitrogens with zero attached hydrogens (tertiary/aromatic N) is 1. The zero-order chi connectivity index (χ0) is 19.2. The third-order valence-corrected chi connectivity index (χ3v) is 4.50. The molecule has 1 N–H and O–H groups in total. The van der Waals surface area contributed by atoms with Crippen molar-refractivity contribution in [2.24, 2.45) is 0 Å². The van der Waals surface area contributed by atoms with Gasteiger partial charge in [-0.15, -0.1) is 11.3 Å². The van der Waals surface area contributed by atoms with Gasteiger partial charge < -0.3 is 9.47 Å². The lowest BCUT2D eigenvalue weighted by atomic mass is 10.1. The lowest BCUT2D eigenvalue weighted by Crippen LogP contribution is -2.20. The molecule has 0 saturated heterocycles. The number of amides is 1. The fourth-order valence-corrected chi connectivity index (χ4v) is 3.15. The quantitative estimate of drug-likeness (QED) is 0.624. The summed E-state index contributed by atoms with van der Waals surface area (Å²) in [7, 11) is 1.60. The van der Waals surface area contributed by atoms with Crippen LogP contribution in [-0.4, -0.2) is 30.4 Å². The average molecular weight is 382 g/mol. The molecular weight excluding hydrogens is 364 g/mol. The number of para-hydroxylation sites is 1. The van der Waals surface area contributed by atoms with E-state index in [9.17, 15) is 9.59 Å². The number of ether oxygens (including phenoxy) is 2. The minimum atomic E-state index is -0.329. The highest BCUT2D eigenvalue weighted by Crippen LogP contribution is 2.31. The van der Waals surface area contributed by atoms with Gasteiger partial charge in [-0.05, 0) is 31.2 Å². The first-order valence-electron chi connectivity index (χ1n) is 8.19. The molecule has 0 aliphatic heterocycles. The van der Waals surface area contributed by atoms with Gasteiger partial charge in [-0.3, -0.25) is 14.9 Å².